The van der Waals surface area contributed by atoms with Gasteiger partial charge in [0.15, 0.2) is 0 Å². The fraction of sp³-hybridized carbons (Fsp3) is 0.952. The molecule has 3 nitrogen and oxygen atoms in total. The Morgan fingerprint density at radius 3 is 1.92 bits per heavy atom. The minimum atomic E-state index is 0. The van der Waals surface area contributed by atoms with Crippen LogP contribution in [0.5, 0.6) is 0 Å². The van der Waals surface area contributed by atoms with E-state index in [1.54, 1.807) is 0 Å². The van der Waals surface area contributed by atoms with Crippen LogP contribution in [0.25, 0.3) is 0 Å². The molecule has 4 aliphatic carbocycles. The van der Waals surface area contributed by atoms with Gasteiger partial charge in [-0.15, -0.1) is 12.4 Å². The molecule has 6 aliphatic rings. The van der Waals surface area contributed by atoms with Crippen LogP contribution in [0.4, 0.5) is 0 Å². The molecular weight excluding hydrogens is 332 g/mol. The van der Waals surface area contributed by atoms with E-state index in [1.807, 2.05) is 0 Å². The molecule has 1 spiro atoms. The number of amides is 1. The first kappa shape index (κ1) is 18.1. The highest BCUT2D eigenvalue weighted by Gasteiger charge is 2.52. The molecule has 2 aliphatic heterocycles. The average molecular weight is 367 g/mol. The normalized spacial score (nSPS) is 41.6. The zero-order valence-electron chi connectivity index (χ0n) is 15.6. The second-order valence-corrected chi connectivity index (χ2v) is 10.2. The van der Waals surface area contributed by atoms with Crippen LogP contribution in [0.2, 0.25) is 0 Å². The molecule has 0 radical (unpaired) electrons. The van der Waals surface area contributed by atoms with E-state index < -0.39 is 0 Å². The van der Waals surface area contributed by atoms with Gasteiger partial charge in [-0.05, 0) is 106 Å². The number of hydrogen-bond acceptors (Lipinski definition) is 2. The molecule has 1 amide bonds. The first-order chi connectivity index (χ1) is 11.6. The van der Waals surface area contributed by atoms with E-state index in [9.17, 15) is 4.79 Å². The van der Waals surface area contributed by atoms with Crippen molar-refractivity contribution >= 4 is 18.3 Å². The number of likely N-dealkylation sites (tertiary alicyclic amines) is 1. The molecule has 25 heavy (non-hydrogen) atoms. The topological polar surface area (TPSA) is 32.3 Å². The largest absolute Gasteiger partial charge is 0.343 e. The molecule has 6 fully saturated rings. The van der Waals surface area contributed by atoms with Crippen molar-refractivity contribution in [1.29, 1.82) is 0 Å². The summed E-state index contributed by atoms with van der Waals surface area (Å²) >= 11 is 0. The Labute approximate surface area is 159 Å². The van der Waals surface area contributed by atoms with E-state index in [0.717, 1.165) is 37.3 Å². The number of rotatable bonds is 2. The minimum absolute atomic E-state index is 0. The lowest BCUT2D eigenvalue weighted by molar-refractivity contribution is -0.142. The van der Waals surface area contributed by atoms with Crippen LogP contribution in [0.15, 0.2) is 0 Å². The van der Waals surface area contributed by atoms with Crippen molar-refractivity contribution in [2.75, 3.05) is 26.2 Å². The standard InChI is InChI=1S/C21H34N2O.ClH/c24-19(23-7-3-20(4-8-23)1-5-22-6-2-20)15-21-12-16-9-17(13-21)11-18(10-16)14-21;/h16-18,22H,1-15H2;1H. The highest BCUT2D eigenvalue weighted by molar-refractivity contribution is 5.85. The van der Waals surface area contributed by atoms with Crippen LogP contribution in [0.1, 0.15) is 70.6 Å². The van der Waals surface area contributed by atoms with E-state index in [4.69, 9.17) is 0 Å². The third-order valence-electron chi connectivity index (χ3n) is 8.53. The molecular formula is C21H35ClN2O. The van der Waals surface area contributed by atoms with Gasteiger partial charge in [-0.2, -0.15) is 0 Å². The van der Waals surface area contributed by atoms with E-state index in [0.29, 0.717) is 16.7 Å². The summed E-state index contributed by atoms with van der Waals surface area (Å²) in [6.07, 6.45) is 14.6. The van der Waals surface area contributed by atoms with Gasteiger partial charge in [-0.1, -0.05) is 0 Å². The Hall–Kier alpha value is -0.280. The molecule has 0 atom stereocenters. The summed E-state index contributed by atoms with van der Waals surface area (Å²) in [5.41, 5.74) is 0.971. The molecule has 0 unspecified atom stereocenters. The molecule has 142 valence electrons. The first-order valence-electron chi connectivity index (χ1n) is 10.6. The molecule has 0 aromatic heterocycles. The smallest absolute Gasteiger partial charge is 0.223 e. The van der Waals surface area contributed by atoms with Crippen LogP contribution < -0.4 is 5.32 Å². The second kappa shape index (κ2) is 6.71. The van der Waals surface area contributed by atoms with E-state index in [2.05, 4.69) is 10.2 Å². The lowest BCUT2D eigenvalue weighted by Gasteiger charge is -2.57. The SMILES string of the molecule is Cl.O=C(CC12CC3CC(CC(C3)C1)C2)N1CCC2(CCNCC2)CC1. The molecule has 4 bridgehead atoms. The molecule has 1 N–H and O–H groups in total. The maximum absolute atomic E-state index is 13.1. The predicted octanol–water partition coefficient (Wildman–Crippen LogP) is 4.01. The van der Waals surface area contributed by atoms with E-state index >= 15 is 0 Å². The van der Waals surface area contributed by atoms with Gasteiger partial charge in [0.1, 0.15) is 0 Å². The molecule has 0 aromatic rings. The van der Waals surface area contributed by atoms with Crippen LogP contribution in [-0.2, 0) is 4.79 Å². The summed E-state index contributed by atoms with van der Waals surface area (Å²) in [7, 11) is 0. The molecule has 4 saturated carbocycles. The van der Waals surface area contributed by atoms with Crippen LogP contribution in [-0.4, -0.2) is 37.0 Å². The zero-order chi connectivity index (χ0) is 16.2. The molecule has 2 heterocycles. The van der Waals surface area contributed by atoms with Crippen molar-refractivity contribution in [2.24, 2.45) is 28.6 Å². The lowest BCUT2D eigenvalue weighted by atomic mass is 9.49. The van der Waals surface area contributed by atoms with Gasteiger partial charge in [0, 0.05) is 19.5 Å². The van der Waals surface area contributed by atoms with Gasteiger partial charge in [0.25, 0.3) is 0 Å². The molecule has 4 heteroatoms. The maximum Gasteiger partial charge on any atom is 0.223 e. The fourth-order valence-electron chi connectivity index (χ4n) is 7.63. The quantitative estimate of drug-likeness (QED) is 0.800. The minimum Gasteiger partial charge on any atom is -0.343 e. The number of nitrogens with zero attached hydrogens (tertiary/aromatic N) is 1. The predicted molar refractivity (Wildman–Crippen MR) is 103 cm³/mol. The number of halogens is 1. The van der Waals surface area contributed by atoms with Gasteiger partial charge in [0.2, 0.25) is 5.91 Å². The van der Waals surface area contributed by atoms with Crippen molar-refractivity contribution in [1.82, 2.24) is 10.2 Å². The van der Waals surface area contributed by atoms with Crippen molar-refractivity contribution in [3.05, 3.63) is 0 Å². The van der Waals surface area contributed by atoms with Crippen molar-refractivity contribution in [2.45, 2.75) is 70.6 Å². The maximum atomic E-state index is 13.1. The Morgan fingerprint density at radius 1 is 0.880 bits per heavy atom. The second-order valence-electron chi connectivity index (χ2n) is 10.2. The van der Waals surface area contributed by atoms with E-state index in [1.165, 1.54) is 77.3 Å². The van der Waals surface area contributed by atoms with Gasteiger partial charge >= 0.3 is 0 Å². The fourth-order valence-corrected chi connectivity index (χ4v) is 7.63. The average Bonchev–Trinajstić information content (AvgIpc) is 2.54. The zero-order valence-corrected chi connectivity index (χ0v) is 16.4. The van der Waals surface area contributed by atoms with Gasteiger partial charge in [-0.25, -0.2) is 0 Å². The third-order valence-corrected chi connectivity index (χ3v) is 8.53. The highest BCUT2D eigenvalue weighted by atomic mass is 35.5. The van der Waals surface area contributed by atoms with Crippen LogP contribution in [0, 0.1) is 28.6 Å². The van der Waals surface area contributed by atoms with Crippen molar-refractivity contribution < 1.29 is 4.79 Å². The Bertz CT molecular complexity index is 469. The molecule has 0 aromatic carbocycles. The molecule has 2 saturated heterocycles. The summed E-state index contributed by atoms with van der Waals surface area (Å²) in [5.74, 6) is 3.39. The summed E-state index contributed by atoms with van der Waals surface area (Å²) in [5, 5.41) is 3.50. The highest BCUT2D eigenvalue weighted by Crippen LogP contribution is 2.61. The number of hydrogen-bond donors (Lipinski definition) is 1. The number of carbonyl (C=O) groups is 1. The summed E-state index contributed by atoms with van der Waals surface area (Å²) in [6.45, 7) is 4.43. The van der Waals surface area contributed by atoms with Crippen LogP contribution in [0.3, 0.4) is 0 Å². The summed E-state index contributed by atoms with van der Waals surface area (Å²) in [6, 6.07) is 0. The number of carbonyl (C=O) groups excluding carboxylic acids is 1. The lowest BCUT2D eigenvalue weighted by Crippen LogP contribution is -2.51. The summed E-state index contributed by atoms with van der Waals surface area (Å²) in [4.78, 5) is 15.3. The Balaban J connectivity index is 0.00000157. The van der Waals surface area contributed by atoms with Crippen LogP contribution >= 0.6 is 12.4 Å². The summed E-state index contributed by atoms with van der Waals surface area (Å²) < 4.78 is 0. The Morgan fingerprint density at radius 2 is 1.40 bits per heavy atom. The third kappa shape index (κ3) is 3.36. The first-order valence-corrected chi connectivity index (χ1v) is 10.6. The monoisotopic (exact) mass is 366 g/mol. The van der Waals surface area contributed by atoms with Gasteiger partial charge in [0.05, 0.1) is 0 Å². The van der Waals surface area contributed by atoms with Crippen molar-refractivity contribution in [3.8, 4) is 0 Å². The van der Waals surface area contributed by atoms with Gasteiger partial charge < -0.3 is 10.2 Å². The Kier molecular flexibility index (Phi) is 4.86. The molecule has 6 rings (SSSR count). The van der Waals surface area contributed by atoms with E-state index in [-0.39, 0.29) is 12.4 Å². The number of nitrogens with one attached hydrogen (secondary N) is 1. The van der Waals surface area contributed by atoms with Crippen molar-refractivity contribution in [3.63, 3.8) is 0 Å². The number of piperidine rings is 2. The van der Waals surface area contributed by atoms with Gasteiger partial charge in [-0.3, -0.25) is 4.79 Å².